The summed E-state index contributed by atoms with van der Waals surface area (Å²) in [5.41, 5.74) is -7.03. The van der Waals surface area contributed by atoms with Gasteiger partial charge in [-0.3, -0.25) is 20.2 Å². The highest BCUT2D eigenvalue weighted by atomic mass is 127. The minimum atomic E-state index is -5.24. The third kappa shape index (κ3) is 4.82. The van der Waals surface area contributed by atoms with Crippen LogP contribution in [0.4, 0.5) is 49.2 Å². The molecule has 8 nitrogen and oxygen atoms in total. The van der Waals surface area contributed by atoms with Crippen LogP contribution in [0.2, 0.25) is 5.02 Å². The Kier molecular flexibility index (Phi) is 6.65. The lowest BCUT2D eigenvalue weighted by atomic mass is 10.1. The average Bonchev–Trinajstić information content (AvgIpc) is 2.59. The van der Waals surface area contributed by atoms with Gasteiger partial charge in [0.15, 0.2) is 5.69 Å². The fraction of sp³-hybridized carbons (Fsp3) is 0.214. The second-order valence-corrected chi connectivity index (χ2v) is 6.62. The number of hydrogen-bond acceptors (Lipinski definition) is 6. The second kappa shape index (κ2) is 8.37. The first kappa shape index (κ1) is 23.8. The molecule has 1 aromatic heterocycles. The van der Waals surface area contributed by atoms with E-state index in [1.165, 1.54) is 0 Å². The monoisotopic (exact) mass is 570 g/mol. The number of nitro benzene ring substituents is 2. The van der Waals surface area contributed by atoms with Crippen LogP contribution in [0.15, 0.2) is 18.3 Å². The minimum Gasteiger partial charge on any atom is -0.329 e. The van der Waals surface area contributed by atoms with Gasteiger partial charge in [0, 0.05) is 22.3 Å². The summed E-state index contributed by atoms with van der Waals surface area (Å²) in [6.45, 7) is 0. The maximum Gasteiger partial charge on any atom is 0.418 e. The molecule has 162 valence electrons. The molecule has 0 spiro atoms. The van der Waals surface area contributed by atoms with Gasteiger partial charge in [0.2, 0.25) is 0 Å². The van der Waals surface area contributed by atoms with Crippen LogP contribution < -0.4 is 5.32 Å². The molecule has 0 fully saturated rings. The molecular formula is C14H6ClF6IN4O4. The Morgan fingerprint density at radius 3 is 2.10 bits per heavy atom. The van der Waals surface area contributed by atoms with E-state index in [9.17, 15) is 46.6 Å². The molecule has 0 atom stereocenters. The van der Waals surface area contributed by atoms with Gasteiger partial charge in [0.25, 0.3) is 0 Å². The van der Waals surface area contributed by atoms with Crippen molar-refractivity contribution in [2.45, 2.75) is 16.8 Å². The standard InChI is InChI=1S/C14H6ClF6IN4O4/c15-9-7(14(19,20)21)2-8(25(27)28)10(11(9)26(29)30)24-12-5(3-22)1-6(4-23-12)13(16,17)18/h1-2,4H,3H2,(H,23,24). The van der Waals surface area contributed by atoms with Crippen LogP contribution in [-0.4, -0.2) is 14.8 Å². The van der Waals surface area contributed by atoms with Crippen molar-refractivity contribution in [2.24, 2.45) is 0 Å². The number of hydrogen-bond donors (Lipinski definition) is 1. The Morgan fingerprint density at radius 1 is 1.07 bits per heavy atom. The highest BCUT2D eigenvalue weighted by Gasteiger charge is 2.42. The molecule has 30 heavy (non-hydrogen) atoms. The SMILES string of the molecule is O=[N+]([O-])c1cc(C(F)(F)F)c(Cl)c([N+](=O)[O-])c1Nc1ncc(C(F)(F)F)cc1CI. The normalized spacial score (nSPS) is 12.0. The number of nitrogens with zero attached hydrogens (tertiary/aromatic N) is 3. The van der Waals surface area contributed by atoms with Crippen LogP contribution in [0, 0.1) is 20.2 Å². The number of rotatable bonds is 5. The molecule has 2 aromatic rings. The van der Waals surface area contributed by atoms with Gasteiger partial charge in [0.1, 0.15) is 10.8 Å². The van der Waals surface area contributed by atoms with E-state index in [1.807, 2.05) is 0 Å². The van der Waals surface area contributed by atoms with Gasteiger partial charge in [-0.2, -0.15) is 26.3 Å². The average molecular weight is 571 g/mol. The first-order chi connectivity index (χ1) is 13.7. The van der Waals surface area contributed by atoms with Crippen LogP contribution in [-0.2, 0) is 16.8 Å². The van der Waals surface area contributed by atoms with E-state index in [1.54, 1.807) is 22.6 Å². The van der Waals surface area contributed by atoms with Crippen molar-refractivity contribution in [3.8, 4) is 0 Å². The molecule has 0 amide bonds. The number of benzene rings is 1. The van der Waals surface area contributed by atoms with E-state index in [-0.39, 0.29) is 16.1 Å². The van der Waals surface area contributed by atoms with Crippen molar-refractivity contribution in [3.05, 3.63) is 60.3 Å². The fourth-order valence-corrected chi connectivity index (χ4v) is 3.18. The topological polar surface area (TPSA) is 111 Å². The summed E-state index contributed by atoms with van der Waals surface area (Å²) in [5.74, 6) is -0.459. The number of nitrogens with one attached hydrogen (secondary N) is 1. The molecule has 1 aromatic carbocycles. The largest absolute Gasteiger partial charge is 0.418 e. The first-order valence-corrected chi connectivity index (χ1v) is 9.20. The van der Waals surface area contributed by atoms with Crippen LogP contribution in [0.3, 0.4) is 0 Å². The lowest BCUT2D eigenvalue weighted by molar-refractivity contribution is -0.392. The van der Waals surface area contributed by atoms with E-state index in [4.69, 9.17) is 11.6 Å². The zero-order valence-corrected chi connectivity index (χ0v) is 16.9. The summed E-state index contributed by atoms with van der Waals surface area (Å²) in [6.07, 6.45) is -9.64. The Bertz CT molecular complexity index is 1030. The van der Waals surface area contributed by atoms with Crippen molar-refractivity contribution in [1.29, 1.82) is 0 Å². The van der Waals surface area contributed by atoms with Crippen molar-refractivity contribution in [2.75, 3.05) is 5.32 Å². The minimum absolute atomic E-state index is 0.00845. The molecule has 16 heteroatoms. The highest BCUT2D eigenvalue weighted by Crippen LogP contribution is 2.48. The van der Waals surface area contributed by atoms with Gasteiger partial charge in [0.05, 0.1) is 21.0 Å². The van der Waals surface area contributed by atoms with E-state index >= 15 is 0 Å². The van der Waals surface area contributed by atoms with Gasteiger partial charge in [-0.05, 0) is 6.07 Å². The third-order valence-corrected chi connectivity index (χ3v) is 4.79. The fourth-order valence-electron chi connectivity index (χ4n) is 2.27. The molecule has 0 aliphatic heterocycles. The lowest BCUT2D eigenvalue weighted by Crippen LogP contribution is -2.12. The Morgan fingerprint density at radius 2 is 1.67 bits per heavy atom. The molecule has 0 radical (unpaired) electrons. The van der Waals surface area contributed by atoms with E-state index in [2.05, 4.69) is 10.3 Å². The molecule has 0 aliphatic rings. The summed E-state index contributed by atoms with van der Waals surface area (Å²) in [7, 11) is 0. The molecule has 1 N–H and O–H groups in total. The summed E-state index contributed by atoms with van der Waals surface area (Å²) in [4.78, 5) is 23.4. The van der Waals surface area contributed by atoms with Gasteiger partial charge in [-0.15, -0.1) is 0 Å². The summed E-state index contributed by atoms with van der Waals surface area (Å²) >= 11 is 7.14. The van der Waals surface area contributed by atoms with Crippen molar-refractivity contribution in [3.63, 3.8) is 0 Å². The van der Waals surface area contributed by atoms with E-state index in [0.717, 1.165) is 0 Å². The Labute approximate surface area is 180 Å². The van der Waals surface area contributed by atoms with Gasteiger partial charge in [-0.1, -0.05) is 34.2 Å². The molecule has 0 saturated heterocycles. The summed E-state index contributed by atoms with van der Waals surface area (Å²) in [5, 5.41) is 23.3. The molecule has 2 rings (SSSR count). The number of pyridine rings is 1. The predicted octanol–water partition coefficient (Wildman–Crippen LogP) is 6.27. The smallest absolute Gasteiger partial charge is 0.329 e. The van der Waals surface area contributed by atoms with Gasteiger partial charge < -0.3 is 5.32 Å². The number of halogens is 8. The molecule has 0 unspecified atom stereocenters. The molecule has 0 aliphatic carbocycles. The highest BCUT2D eigenvalue weighted by molar-refractivity contribution is 14.1. The Hall–Kier alpha value is -2.43. The van der Waals surface area contributed by atoms with Crippen LogP contribution in [0.5, 0.6) is 0 Å². The van der Waals surface area contributed by atoms with E-state index < -0.39 is 61.2 Å². The number of anilines is 2. The van der Waals surface area contributed by atoms with Crippen molar-refractivity contribution < 1.29 is 36.2 Å². The van der Waals surface area contributed by atoms with Gasteiger partial charge in [-0.25, -0.2) is 4.98 Å². The summed E-state index contributed by atoms with van der Waals surface area (Å²) in [6, 6.07) is 0.636. The van der Waals surface area contributed by atoms with Crippen LogP contribution in [0.25, 0.3) is 0 Å². The Balaban J connectivity index is 2.77. The van der Waals surface area contributed by atoms with Crippen LogP contribution in [0.1, 0.15) is 16.7 Å². The maximum absolute atomic E-state index is 13.1. The number of alkyl halides is 7. The predicted molar refractivity (Wildman–Crippen MR) is 100 cm³/mol. The first-order valence-electron chi connectivity index (χ1n) is 7.30. The van der Waals surface area contributed by atoms with Gasteiger partial charge >= 0.3 is 23.7 Å². The van der Waals surface area contributed by atoms with Crippen molar-refractivity contribution in [1.82, 2.24) is 4.98 Å². The van der Waals surface area contributed by atoms with Crippen LogP contribution >= 0.6 is 34.2 Å². The lowest BCUT2D eigenvalue weighted by Gasteiger charge is -2.15. The number of nitro groups is 2. The molecule has 0 saturated carbocycles. The number of aromatic nitrogens is 1. The van der Waals surface area contributed by atoms with E-state index in [0.29, 0.717) is 12.3 Å². The van der Waals surface area contributed by atoms with Crippen molar-refractivity contribution >= 4 is 57.1 Å². The zero-order chi connectivity index (χ0) is 23.0. The molecular weight excluding hydrogens is 565 g/mol. The summed E-state index contributed by atoms with van der Waals surface area (Å²) < 4.78 is 77.7. The second-order valence-electron chi connectivity index (χ2n) is 5.48. The quantitative estimate of drug-likeness (QED) is 0.149. The zero-order valence-electron chi connectivity index (χ0n) is 13.9. The third-order valence-electron chi connectivity index (χ3n) is 3.58. The molecule has 0 bridgehead atoms. The maximum atomic E-state index is 13.1. The molecule has 1 heterocycles.